The van der Waals surface area contributed by atoms with E-state index in [4.69, 9.17) is 10.5 Å². The Bertz CT molecular complexity index is 419. The van der Waals surface area contributed by atoms with Gasteiger partial charge >= 0.3 is 0 Å². The molecule has 2 rings (SSSR count). The molecule has 17 heavy (non-hydrogen) atoms. The van der Waals surface area contributed by atoms with E-state index >= 15 is 0 Å². The lowest BCUT2D eigenvalue weighted by Crippen LogP contribution is -2.41. The normalized spacial score (nSPS) is 27.8. The van der Waals surface area contributed by atoms with E-state index in [1.54, 1.807) is 6.07 Å². The third kappa shape index (κ3) is 2.60. The second-order valence-corrected chi connectivity index (χ2v) is 5.64. The number of hydrogen-bond donors (Lipinski definition) is 1. The first kappa shape index (κ1) is 12.4. The van der Waals surface area contributed by atoms with Crippen LogP contribution in [0.15, 0.2) is 18.2 Å². The summed E-state index contributed by atoms with van der Waals surface area (Å²) in [6, 6.07) is 4.45. The van der Waals surface area contributed by atoms with Gasteiger partial charge in [0.05, 0.1) is 0 Å². The fourth-order valence-electron chi connectivity index (χ4n) is 2.77. The smallest absolute Gasteiger partial charge is 0.125 e. The van der Waals surface area contributed by atoms with Crippen molar-refractivity contribution < 1.29 is 9.13 Å². The van der Waals surface area contributed by atoms with Gasteiger partial charge in [0, 0.05) is 18.0 Å². The van der Waals surface area contributed by atoms with Crippen LogP contribution in [0.25, 0.3) is 0 Å². The van der Waals surface area contributed by atoms with E-state index in [-0.39, 0.29) is 17.5 Å². The van der Waals surface area contributed by atoms with Crippen molar-refractivity contribution in [2.75, 3.05) is 0 Å². The molecule has 0 aromatic heterocycles. The molecule has 0 saturated heterocycles. The number of rotatable bonds is 2. The van der Waals surface area contributed by atoms with Gasteiger partial charge in [-0.1, -0.05) is 13.8 Å². The summed E-state index contributed by atoms with van der Waals surface area (Å²) in [5, 5.41) is 0. The van der Waals surface area contributed by atoms with Gasteiger partial charge in [0.15, 0.2) is 0 Å². The summed E-state index contributed by atoms with van der Waals surface area (Å²) in [6.07, 6.45) is 1.69. The highest BCUT2D eigenvalue weighted by Crippen LogP contribution is 2.41. The average molecular weight is 237 g/mol. The first-order chi connectivity index (χ1) is 7.89. The molecule has 0 radical (unpaired) electrons. The van der Waals surface area contributed by atoms with Gasteiger partial charge in [-0.3, -0.25) is 0 Å². The zero-order valence-electron chi connectivity index (χ0n) is 10.7. The number of halogens is 1. The molecule has 2 nitrogen and oxygen atoms in total. The molecule has 2 N–H and O–H groups in total. The predicted molar refractivity (Wildman–Crippen MR) is 66.4 cm³/mol. The van der Waals surface area contributed by atoms with Crippen molar-refractivity contribution in [3.05, 3.63) is 29.6 Å². The molecule has 2 unspecified atom stereocenters. The quantitative estimate of drug-likeness (QED) is 0.855. The summed E-state index contributed by atoms with van der Waals surface area (Å²) < 4.78 is 19.2. The van der Waals surface area contributed by atoms with Crippen LogP contribution < -0.4 is 10.5 Å². The Balaban J connectivity index is 2.30. The zero-order valence-corrected chi connectivity index (χ0v) is 10.7. The van der Waals surface area contributed by atoms with E-state index in [0.29, 0.717) is 5.92 Å². The van der Waals surface area contributed by atoms with Crippen molar-refractivity contribution in [1.82, 2.24) is 0 Å². The highest BCUT2D eigenvalue weighted by atomic mass is 19.1. The predicted octanol–water partition coefficient (Wildman–Crippen LogP) is 3.41. The molecule has 0 aliphatic carbocycles. The van der Waals surface area contributed by atoms with E-state index in [2.05, 4.69) is 20.8 Å². The molecule has 0 bridgehead atoms. The fourth-order valence-corrected chi connectivity index (χ4v) is 2.77. The van der Waals surface area contributed by atoms with Gasteiger partial charge in [-0.2, -0.15) is 0 Å². The number of nitrogens with two attached hydrogens (primary N) is 1. The lowest BCUT2D eigenvalue weighted by atomic mass is 9.83. The number of hydrogen-bond acceptors (Lipinski definition) is 2. The summed E-state index contributed by atoms with van der Waals surface area (Å²) in [6.45, 7) is 6.42. The van der Waals surface area contributed by atoms with Gasteiger partial charge < -0.3 is 10.5 Å². The van der Waals surface area contributed by atoms with E-state index in [0.717, 1.165) is 24.2 Å². The highest BCUT2D eigenvalue weighted by molar-refractivity contribution is 5.39. The van der Waals surface area contributed by atoms with Gasteiger partial charge in [-0.15, -0.1) is 0 Å². The summed E-state index contributed by atoms with van der Waals surface area (Å²) in [7, 11) is 0. The molecule has 2 atom stereocenters. The Morgan fingerprint density at radius 2 is 2.24 bits per heavy atom. The lowest BCUT2D eigenvalue weighted by Gasteiger charge is -2.39. The van der Waals surface area contributed by atoms with Crippen LogP contribution in [0.3, 0.4) is 0 Å². The standard InChI is InChI=1S/C14H20FNO/c1-9(2)7-14(3)8-12(16)11-6-10(15)4-5-13(11)17-14/h4-6,9,12H,7-8,16H2,1-3H3. The van der Waals surface area contributed by atoms with E-state index < -0.39 is 0 Å². The van der Waals surface area contributed by atoms with Crippen LogP contribution in [0.1, 0.15) is 45.2 Å². The first-order valence-electron chi connectivity index (χ1n) is 6.14. The maximum atomic E-state index is 13.2. The van der Waals surface area contributed by atoms with Crippen LogP contribution >= 0.6 is 0 Å². The molecule has 1 aliphatic rings. The minimum absolute atomic E-state index is 0.141. The Morgan fingerprint density at radius 1 is 1.53 bits per heavy atom. The maximum absolute atomic E-state index is 13.2. The molecule has 1 aliphatic heterocycles. The number of benzene rings is 1. The van der Waals surface area contributed by atoms with E-state index in [9.17, 15) is 4.39 Å². The Labute approximate surface area is 102 Å². The second-order valence-electron chi connectivity index (χ2n) is 5.64. The molecule has 0 saturated carbocycles. The van der Waals surface area contributed by atoms with Gasteiger partial charge in [-0.05, 0) is 37.5 Å². The molecular formula is C14H20FNO. The van der Waals surface area contributed by atoms with Gasteiger partial charge in [0.25, 0.3) is 0 Å². The second kappa shape index (κ2) is 4.30. The van der Waals surface area contributed by atoms with Crippen molar-refractivity contribution in [2.24, 2.45) is 11.7 Å². The maximum Gasteiger partial charge on any atom is 0.125 e. The molecule has 0 amide bonds. The molecular weight excluding hydrogens is 217 g/mol. The van der Waals surface area contributed by atoms with Crippen LogP contribution in [-0.2, 0) is 0 Å². The van der Waals surface area contributed by atoms with Crippen molar-refractivity contribution in [3.8, 4) is 5.75 Å². The summed E-state index contributed by atoms with van der Waals surface area (Å²) in [5.74, 6) is 1.03. The minimum Gasteiger partial charge on any atom is -0.487 e. The van der Waals surface area contributed by atoms with Crippen LogP contribution in [0.2, 0.25) is 0 Å². The number of fused-ring (bicyclic) bond motifs is 1. The van der Waals surface area contributed by atoms with Crippen LogP contribution in [0, 0.1) is 11.7 Å². The Hall–Kier alpha value is -1.09. The number of ether oxygens (including phenoxy) is 1. The van der Waals surface area contributed by atoms with Crippen molar-refractivity contribution in [3.63, 3.8) is 0 Å². The van der Waals surface area contributed by atoms with Crippen molar-refractivity contribution >= 4 is 0 Å². The largest absolute Gasteiger partial charge is 0.487 e. The Morgan fingerprint density at radius 3 is 2.88 bits per heavy atom. The monoisotopic (exact) mass is 237 g/mol. The third-order valence-corrected chi connectivity index (χ3v) is 3.22. The van der Waals surface area contributed by atoms with Crippen molar-refractivity contribution in [1.29, 1.82) is 0 Å². The van der Waals surface area contributed by atoms with Crippen LogP contribution in [0.5, 0.6) is 5.75 Å². The van der Waals surface area contributed by atoms with Gasteiger partial charge in [0.2, 0.25) is 0 Å². The SMILES string of the molecule is CC(C)CC1(C)CC(N)c2cc(F)ccc2O1. The summed E-state index contributed by atoms with van der Waals surface area (Å²) >= 11 is 0. The molecule has 94 valence electrons. The fraction of sp³-hybridized carbons (Fsp3) is 0.571. The lowest BCUT2D eigenvalue weighted by molar-refractivity contribution is 0.0339. The summed E-state index contributed by atoms with van der Waals surface area (Å²) in [4.78, 5) is 0. The highest BCUT2D eigenvalue weighted by Gasteiger charge is 2.36. The molecule has 0 spiro atoms. The zero-order chi connectivity index (χ0) is 12.6. The van der Waals surface area contributed by atoms with E-state index in [1.807, 2.05) is 0 Å². The summed E-state index contributed by atoms with van der Waals surface area (Å²) in [5.41, 5.74) is 6.67. The molecule has 1 aromatic rings. The minimum atomic E-state index is -0.254. The molecule has 3 heteroatoms. The molecule has 1 heterocycles. The first-order valence-corrected chi connectivity index (χ1v) is 6.14. The topological polar surface area (TPSA) is 35.2 Å². The Kier molecular flexibility index (Phi) is 3.13. The van der Waals surface area contributed by atoms with E-state index in [1.165, 1.54) is 12.1 Å². The molecule has 0 fully saturated rings. The van der Waals surface area contributed by atoms with Gasteiger partial charge in [-0.25, -0.2) is 4.39 Å². The average Bonchev–Trinajstić information content (AvgIpc) is 2.17. The molecule has 1 aromatic carbocycles. The van der Waals surface area contributed by atoms with Crippen molar-refractivity contribution in [2.45, 2.75) is 45.3 Å². The van der Waals surface area contributed by atoms with Gasteiger partial charge in [0.1, 0.15) is 17.2 Å². The third-order valence-electron chi connectivity index (χ3n) is 3.22. The van der Waals surface area contributed by atoms with Crippen LogP contribution in [-0.4, -0.2) is 5.60 Å². The van der Waals surface area contributed by atoms with Crippen LogP contribution in [0.4, 0.5) is 4.39 Å².